The third-order valence-corrected chi connectivity index (χ3v) is 4.47. The molecule has 1 aliphatic rings. The largest absolute Gasteiger partial charge is 0.448 e. The van der Waals surface area contributed by atoms with Crippen molar-refractivity contribution in [2.24, 2.45) is 0 Å². The topological polar surface area (TPSA) is 88.0 Å². The lowest BCUT2D eigenvalue weighted by Crippen LogP contribution is -2.38. The SMILES string of the molecule is CCN(CC)CCOC(=O)N[C@@H]1CCN(c2ccc([N+](=O)[O-])cc2)C1. The van der Waals surface area contributed by atoms with E-state index in [2.05, 4.69) is 29.0 Å². The number of hydrogen-bond donors (Lipinski definition) is 1. The standard InChI is InChI=1S/C17H26N4O4/c1-3-19(4-2)11-12-25-17(22)18-14-9-10-20(13-14)15-5-7-16(8-6-15)21(23)24/h5-8,14H,3-4,9-13H2,1-2H3,(H,18,22)/t14-/m1/s1. The first-order valence-electron chi connectivity index (χ1n) is 8.68. The highest BCUT2D eigenvalue weighted by Gasteiger charge is 2.24. The lowest BCUT2D eigenvalue weighted by atomic mass is 10.2. The van der Waals surface area contributed by atoms with Crippen LogP contribution in [0.5, 0.6) is 0 Å². The van der Waals surface area contributed by atoms with E-state index in [9.17, 15) is 14.9 Å². The van der Waals surface area contributed by atoms with Crippen molar-refractivity contribution in [3.63, 3.8) is 0 Å². The summed E-state index contributed by atoms with van der Waals surface area (Å²) < 4.78 is 5.24. The van der Waals surface area contributed by atoms with E-state index in [4.69, 9.17) is 4.74 Å². The lowest BCUT2D eigenvalue weighted by Gasteiger charge is -2.20. The Morgan fingerprint density at radius 2 is 2.04 bits per heavy atom. The molecular weight excluding hydrogens is 324 g/mol. The number of nitro groups is 1. The van der Waals surface area contributed by atoms with Gasteiger partial charge in [0.05, 0.1) is 11.0 Å². The third kappa shape index (κ3) is 5.60. The summed E-state index contributed by atoms with van der Waals surface area (Å²) in [5.74, 6) is 0. The van der Waals surface area contributed by atoms with E-state index in [1.165, 1.54) is 12.1 Å². The third-order valence-electron chi connectivity index (χ3n) is 4.47. The minimum atomic E-state index is -0.410. The van der Waals surface area contributed by atoms with Crippen molar-refractivity contribution in [2.45, 2.75) is 26.3 Å². The van der Waals surface area contributed by atoms with Crippen LogP contribution in [0.2, 0.25) is 0 Å². The molecule has 0 radical (unpaired) electrons. The number of ether oxygens (including phenoxy) is 1. The summed E-state index contributed by atoms with van der Waals surface area (Å²) in [5.41, 5.74) is 0.999. The van der Waals surface area contributed by atoms with E-state index in [1.807, 2.05) is 0 Å². The monoisotopic (exact) mass is 350 g/mol. The van der Waals surface area contributed by atoms with Crippen molar-refractivity contribution in [3.05, 3.63) is 34.4 Å². The molecule has 0 unspecified atom stereocenters. The fourth-order valence-electron chi connectivity index (χ4n) is 2.91. The lowest BCUT2D eigenvalue weighted by molar-refractivity contribution is -0.384. The number of carbonyl (C=O) groups is 1. The highest BCUT2D eigenvalue weighted by atomic mass is 16.6. The number of rotatable bonds is 8. The highest BCUT2D eigenvalue weighted by molar-refractivity contribution is 5.68. The predicted octanol–water partition coefficient (Wildman–Crippen LogP) is 2.24. The second-order valence-corrected chi connectivity index (χ2v) is 6.01. The Kier molecular flexibility index (Phi) is 7.00. The van der Waals surface area contributed by atoms with Crippen LogP contribution in [0.25, 0.3) is 0 Å². The molecule has 8 heteroatoms. The van der Waals surface area contributed by atoms with Crippen molar-refractivity contribution >= 4 is 17.5 Å². The minimum Gasteiger partial charge on any atom is -0.448 e. The summed E-state index contributed by atoms with van der Waals surface area (Å²) in [6.07, 6.45) is 0.435. The molecule has 25 heavy (non-hydrogen) atoms. The van der Waals surface area contributed by atoms with Gasteiger partial charge >= 0.3 is 6.09 Å². The van der Waals surface area contributed by atoms with Crippen molar-refractivity contribution < 1.29 is 14.5 Å². The molecule has 0 aromatic heterocycles. The molecule has 0 aliphatic carbocycles. The summed E-state index contributed by atoms with van der Waals surface area (Å²) in [5, 5.41) is 13.6. The first-order valence-corrected chi connectivity index (χ1v) is 8.68. The number of amides is 1. The molecule has 1 aliphatic heterocycles. The van der Waals surface area contributed by atoms with Crippen LogP contribution in [0.3, 0.4) is 0 Å². The number of nitrogens with zero attached hydrogens (tertiary/aromatic N) is 3. The number of nitrogens with one attached hydrogen (secondary N) is 1. The zero-order valence-corrected chi connectivity index (χ0v) is 14.8. The summed E-state index contributed by atoms with van der Waals surface area (Å²) in [6, 6.07) is 6.50. The van der Waals surface area contributed by atoms with Crippen molar-refractivity contribution in [1.29, 1.82) is 0 Å². The molecule has 1 aromatic rings. The van der Waals surface area contributed by atoms with E-state index in [-0.39, 0.29) is 17.8 Å². The van der Waals surface area contributed by atoms with E-state index in [0.717, 1.165) is 38.3 Å². The van der Waals surface area contributed by atoms with Crippen LogP contribution in [-0.2, 0) is 4.74 Å². The molecule has 1 atom stereocenters. The van der Waals surface area contributed by atoms with Gasteiger partial charge in [0, 0.05) is 37.5 Å². The molecule has 1 N–H and O–H groups in total. The minimum absolute atomic E-state index is 0.0242. The molecule has 8 nitrogen and oxygen atoms in total. The number of nitro benzene ring substituents is 1. The van der Waals surface area contributed by atoms with Gasteiger partial charge in [0.15, 0.2) is 0 Å². The molecule has 1 heterocycles. The fraction of sp³-hybridized carbons (Fsp3) is 0.588. The molecule has 1 saturated heterocycles. The highest BCUT2D eigenvalue weighted by Crippen LogP contribution is 2.23. The van der Waals surface area contributed by atoms with E-state index < -0.39 is 4.92 Å². The first-order chi connectivity index (χ1) is 12.0. The number of hydrogen-bond acceptors (Lipinski definition) is 6. The first kappa shape index (κ1) is 19.0. The van der Waals surface area contributed by atoms with Crippen LogP contribution < -0.4 is 10.2 Å². The van der Waals surface area contributed by atoms with Gasteiger partial charge < -0.3 is 19.9 Å². The van der Waals surface area contributed by atoms with Crippen LogP contribution in [0.15, 0.2) is 24.3 Å². The quantitative estimate of drug-likeness (QED) is 0.571. The number of likely N-dealkylation sites (N-methyl/N-ethyl adjacent to an activating group) is 1. The summed E-state index contributed by atoms with van der Waals surface area (Å²) in [6.45, 7) is 8.61. The van der Waals surface area contributed by atoms with Gasteiger partial charge in [-0.2, -0.15) is 0 Å². The Morgan fingerprint density at radius 3 is 2.64 bits per heavy atom. The molecule has 1 fully saturated rings. The number of alkyl carbamates (subject to hydrolysis) is 1. The number of anilines is 1. The normalized spacial score (nSPS) is 16.9. The zero-order valence-electron chi connectivity index (χ0n) is 14.8. The van der Waals surface area contributed by atoms with Crippen LogP contribution in [0.4, 0.5) is 16.2 Å². The molecule has 2 rings (SSSR count). The Labute approximate surface area is 147 Å². The Hall–Kier alpha value is -2.35. The molecular formula is C17H26N4O4. The Morgan fingerprint density at radius 1 is 1.36 bits per heavy atom. The van der Waals surface area contributed by atoms with Crippen molar-refractivity contribution in [3.8, 4) is 0 Å². The van der Waals surface area contributed by atoms with E-state index in [1.54, 1.807) is 12.1 Å². The Balaban J connectivity index is 1.74. The molecule has 138 valence electrons. The van der Waals surface area contributed by atoms with Gasteiger partial charge in [0.25, 0.3) is 5.69 Å². The summed E-state index contributed by atoms with van der Waals surface area (Å²) in [4.78, 5) is 26.5. The van der Waals surface area contributed by atoms with E-state index in [0.29, 0.717) is 13.2 Å². The van der Waals surface area contributed by atoms with Gasteiger partial charge in [0.1, 0.15) is 6.61 Å². The summed E-state index contributed by atoms with van der Waals surface area (Å²) in [7, 11) is 0. The predicted molar refractivity (Wildman–Crippen MR) is 96.0 cm³/mol. The molecule has 1 aromatic carbocycles. The maximum Gasteiger partial charge on any atom is 0.407 e. The van der Waals surface area contributed by atoms with Gasteiger partial charge in [0.2, 0.25) is 0 Å². The maximum absolute atomic E-state index is 11.9. The second kappa shape index (κ2) is 9.22. The van der Waals surface area contributed by atoms with Gasteiger partial charge in [-0.15, -0.1) is 0 Å². The Bertz CT molecular complexity index is 575. The van der Waals surface area contributed by atoms with Gasteiger partial charge in [-0.3, -0.25) is 10.1 Å². The average molecular weight is 350 g/mol. The van der Waals surface area contributed by atoms with Crippen LogP contribution in [-0.4, -0.2) is 61.3 Å². The maximum atomic E-state index is 11.9. The summed E-state index contributed by atoms with van der Waals surface area (Å²) >= 11 is 0. The number of benzene rings is 1. The van der Waals surface area contributed by atoms with Gasteiger partial charge in [-0.1, -0.05) is 13.8 Å². The van der Waals surface area contributed by atoms with Crippen molar-refractivity contribution in [2.75, 3.05) is 44.2 Å². The van der Waals surface area contributed by atoms with Crippen LogP contribution >= 0.6 is 0 Å². The van der Waals surface area contributed by atoms with Gasteiger partial charge in [-0.05, 0) is 31.6 Å². The molecule has 0 bridgehead atoms. The zero-order chi connectivity index (χ0) is 18.2. The molecule has 0 saturated carbocycles. The average Bonchev–Trinajstić information content (AvgIpc) is 3.07. The van der Waals surface area contributed by atoms with Crippen LogP contribution in [0.1, 0.15) is 20.3 Å². The van der Waals surface area contributed by atoms with Crippen LogP contribution in [0, 0.1) is 10.1 Å². The van der Waals surface area contributed by atoms with Crippen molar-refractivity contribution in [1.82, 2.24) is 10.2 Å². The smallest absolute Gasteiger partial charge is 0.407 e. The fourth-order valence-corrected chi connectivity index (χ4v) is 2.91. The molecule has 0 spiro atoms. The number of non-ortho nitro benzene ring substituents is 1. The van der Waals surface area contributed by atoms with Gasteiger partial charge in [-0.25, -0.2) is 4.79 Å². The number of carbonyl (C=O) groups excluding carboxylic acids is 1. The molecule has 1 amide bonds. The van der Waals surface area contributed by atoms with E-state index >= 15 is 0 Å². The second-order valence-electron chi connectivity index (χ2n) is 6.01.